The van der Waals surface area contributed by atoms with Crippen LogP contribution in [0.15, 0.2) is 0 Å². The number of carbonyl (C=O) groups is 2. The number of hydrogen-bond donors (Lipinski definition) is 3. The second-order valence-corrected chi connectivity index (χ2v) is 6.00. The van der Waals surface area contributed by atoms with Crippen molar-refractivity contribution < 1.29 is 19.4 Å². The van der Waals surface area contributed by atoms with Crippen molar-refractivity contribution in [3.05, 3.63) is 0 Å². The third kappa shape index (κ3) is 3.85. The smallest absolute Gasteiger partial charge is 0.315 e. The molecule has 0 saturated heterocycles. The first-order valence-corrected chi connectivity index (χ1v) is 7.41. The van der Waals surface area contributed by atoms with Crippen molar-refractivity contribution in [2.24, 2.45) is 5.41 Å². The van der Waals surface area contributed by atoms with Gasteiger partial charge in [0.15, 0.2) is 0 Å². The molecule has 0 unspecified atom stereocenters. The molecule has 0 spiro atoms. The summed E-state index contributed by atoms with van der Waals surface area (Å²) in [6.45, 7) is 3.13. The highest BCUT2D eigenvalue weighted by atomic mass is 16.5. The molecule has 0 aromatic heterocycles. The molecule has 0 bridgehead atoms. The number of ether oxygens (including phenoxy) is 1. The summed E-state index contributed by atoms with van der Waals surface area (Å²) in [6, 6.07) is -0.00928. The number of amides is 2. The minimum atomic E-state index is -0.787. The van der Waals surface area contributed by atoms with Gasteiger partial charge in [0.25, 0.3) is 0 Å². The van der Waals surface area contributed by atoms with Crippen LogP contribution in [-0.4, -0.2) is 42.4 Å². The lowest BCUT2D eigenvalue weighted by Gasteiger charge is -2.41. The highest BCUT2D eigenvalue weighted by Crippen LogP contribution is 2.43. The van der Waals surface area contributed by atoms with Gasteiger partial charge in [-0.25, -0.2) is 4.79 Å². The average Bonchev–Trinajstić information content (AvgIpc) is 2.29. The topological polar surface area (TPSA) is 87.7 Å². The quantitative estimate of drug-likeness (QED) is 0.661. The molecule has 2 saturated carbocycles. The van der Waals surface area contributed by atoms with Crippen molar-refractivity contribution in [2.75, 3.05) is 13.2 Å². The molecule has 2 aliphatic carbocycles. The van der Waals surface area contributed by atoms with Gasteiger partial charge in [0, 0.05) is 19.2 Å². The Morgan fingerprint density at radius 1 is 1.35 bits per heavy atom. The molecule has 2 fully saturated rings. The zero-order valence-corrected chi connectivity index (χ0v) is 12.0. The number of carbonyl (C=O) groups excluding carboxylic acids is 1. The van der Waals surface area contributed by atoms with Crippen LogP contribution in [0.25, 0.3) is 0 Å². The molecule has 0 aliphatic heterocycles. The van der Waals surface area contributed by atoms with E-state index in [1.165, 1.54) is 0 Å². The summed E-state index contributed by atoms with van der Waals surface area (Å²) in [4.78, 5) is 22.6. The van der Waals surface area contributed by atoms with Gasteiger partial charge in [0.2, 0.25) is 0 Å². The van der Waals surface area contributed by atoms with Gasteiger partial charge < -0.3 is 20.5 Å². The number of aliphatic carboxylic acids is 1. The third-order valence-corrected chi connectivity index (χ3v) is 4.40. The minimum absolute atomic E-state index is 0.142. The maximum absolute atomic E-state index is 11.8. The summed E-state index contributed by atoms with van der Waals surface area (Å²) >= 11 is 0. The average molecular weight is 284 g/mol. The van der Waals surface area contributed by atoms with E-state index >= 15 is 0 Å². The molecule has 114 valence electrons. The van der Waals surface area contributed by atoms with E-state index in [2.05, 4.69) is 10.6 Å². The number of hydrogen-bond acceptors (Lipinski definition) is 3. The summed E-state index contributed by atoms with van der Waals surface area (Å²) in [5, 5.41) is 14.6. The molecule has 6 heteroatoms. The Morgan fingerprint density at radius 2 is 2.05 bits per heavy atom. The summed E-state index contributed by atoms with van der Waals surface area (Å²) in [6.07, 6.45) is 4.96. The number of carboxylic acids is 1. The monoisotopic (exact) mass is 284 g/mol. The van der Waals surface area contributed by atoms with Crippen LogP contribution in [0, 0.1) is 5.41 Å². The molecule has 2 amide bonds. The predicted octanol–water partition coefficient (Wildman–Crippen LogP) is 1.50. The summed E-state index contributed by atoms with van der Waals surface area (Å²) < 4.78 is 5.44. The number of carboxylic acid groups (broad SMARTS) is 1. The van der Waals surface area contributed by atoms with E-state index in [1.807, 2.05) is 6.92 Å². The summed E-state index contributed by atoms with van der Waals surface area (Å²) in [5.74, 6) is -0.787. The van der Waals surface area contributed by atoms with Crippen molar-refractivity contribution in [3.63, 3.8) is 0 Å². The minimum Gasteiger partial charge on any atom is -0.481 e. The Bertz CT molecular complexity index is 362. The largest absolute Gasteiger partial charge is 0.481 e. The molecule has 0 atom stereocenters. The molecule has 2 aliphatic rings. The molecule has 0 radical (unpaired) electrons. The fourth-order valence-electron chi connectivity index (χ4n) is 2.97. The Balaban J connectivity index is 1.64. The van der Waals surface area contributed by atoms with E-state index in [0.717, 1.165) is 32.1 Å². The van der Waals surface area contributed by atoms with Crippen molar-refractivity contribution in [2.45, 2.75) is 57.6 Å². The molecular weight excluding hydrogens is 260 g/mol. The van der Waals surface area contributed by atoms with E-state index in [1.54, 1.807) is 0 Å². The first kappa shape index (κ1) is 15.1. The van der Waals surface area contributed by atoms with Gasteiger partial charge in [-0.2, -0.15) is 0 Å². The molecule has 20 heavy (non-hydrogen) atoms. The zero-order valence-electron chi connectivity index (χ0n) is 12.0. The lowest BCUT2D eigenvalue weighted by Crippen LogP contribution is -2.53. The van der Waals surface area contributed by atoms with Gasteiger partial charge in [-0.1, -0.05) is 6.42 Å². The third-order valence-electron chi connectivity index (χ3n) is 4.40. The number of urea groups is 1. The van der Waals surface area contributed by atoms with E-state index in [4.69, 9.17) is 9.84 Å². The summed E-state index contributed by atoms with van der Waals surface area (Å²) in [7, 11) is 0. The Labute approximate surface area is 119 Å². The van der Waals surface area contributed by atoms with Crippen LogP contribution in [-0.2, 0) is 9.53 Å². The fourth-order valence-corrected chi connectivity index (χ4v) is 2.97. The van der Waals surface area contributed by atoms with Gasteiger partial charge in [-0.15, -0.1) is 0 Å². The van der Waals surface area contributed by atoms with E-state index in [-0.39, 0.29) is 30.0 Å². The van der Waals surface area contributed by atoms with Crippen LogP contribution < -0.4 is 10.6 Å². The lowest BCUT2D eigenvalue weighted by atomic mass is 9.66. The standard InChI is InChI=1S/C14H24N2O4/c1-2-20-11-6-10(7-11)16-13(19)15-9-14(4-3-5-14)8-12(17)18/h10-11H,2-9H2,1H3,(H,17,18)(H2,15,16,19). The molecular formula is C14H24N2O4. The van der Waals surface area contributed by atoms with Crippen molar-refractivity contribution in [3.8, 4) is 0 Å². The van der Waals surface area contributed by atoms with Crippen molar-refractivity contribution in [1.82, 2.24) is 10.6 Å². The molecule has 2 rings (SSSR count). The van der Waals surface area contributed by atoms with Gasteiger partial charge in [0.1, 0.15) is 0 Å². The second kappa shape index (κ2) is 6.43. The normalized spacial score (nSPS) is 27.1. The summed E-state index contributed by atoms with van der Waals surface area (Å²) in [5.41, 5.74) is -0.226. The maximum atomic E-state index is 11.8. The first-order valence-electron chi connectivity index (χ1n) is 7.41. The maximum Gasteiger partial charge on any atom is 0.315 e. The van der Waals surface area contributed by atoms with Crippen LogP contribution in [0.4, 0.5) is 4.79 Å². The molecule has 3 N–H and O–H groups in total. The second-order valence-electron chi connectivity index (χ2n) is 6.00. The van der Waals surface area contributed by atoms with Crippen molar-refractivity contribution in [1.29, 1.82) is 0 Å². The van der Waals surface area contributed by atoms with Crippen LogP contribution in [0.1, 0.15) is 45.4 Å². The molecule has 6 nitrogen and oxygen atoms in total. The van der Waals surface area contributed by atoms with E-state index < -0.39 is 5.97 Å². The van der Waals surface area contributed by atoms with Crippen LogP contribution in [0.2, 0.25) is 0 Å². The fraction of sp³-hybridized carbons (Fsp3) is 0.857. The Kier molecular flexibility index (Phi) is 4.86. The zero-order chi connectivity index (χ0) is 14.6. The molecule has 0 aromatic carbocycles. The Hall–Kier alpha value is -1.30. The first-order chi connectivity index (χ1) is 9.53. The van der Waals surface area contributed by atoms with Gasteiger partial charge in [-0.05, 0) is 38.0 Å². The van der Waals surface area contributed by atoms with Gasteiger partial charge in [0.05, 0.1) is 12.5 Å². The number of rotatable bonds is 7. The highest BCUT2D eigenvalue weighted by Gasteiger charge is 2.39. The molecule has 0 heterocycles. The predicted molar refractivity (Wildman–Crippen MR) is 73.5 cm³/mol. The van der Waals surface area contributed by atoms with Crippen molar-refractivity contribution >= 4 is 12.0 Å². The van der Waals surface area contributed by atoms with Crippen LogP contribution in [0.3, 0.4) is 0 Å². The van der Waals surface area contributed by atoms with E-state index in [9.17, 15) is 9.59 Å². The van der Waals surface area contributed by atoms with Crippen LogP contribution >= 0.6 is 0 Å². The Morgan fingerprint density at radius 3 is 2.55 bits per heavy atom. The van der Waals surface area contributed by atoms with Gasteiger partial charge in [-0.3, -0.25) is 4.79 Å². The molecule has 0 aromatic rings. The van der Waals surface area contributed by atoms with E-state index in [0.29, 0.717) is 13.2 Å². The van der Waals surface area contributed by atoms with Gasteiger partial charge >= 0.3 is 12.0 Å². The van der Waals surface area contributed by atoms with Crippen LogP contribution in [0.5, 0.6) is 0 Å². The lowest BCUT2D eigenvalue weighted by molar-refractivity contribution is -0.141. The SMILES string of the molecule is CCOC1CC(NC(=O)NCC2(CC(=O)O)CCC2)C1. The number of nitrogens with one attached hydrogen (secondary N) is 2. The highest BCUT2D eigenvalue weighted by molar-refractivity contribution is 5.74.